The van der Waals surface area contributed by atoms with Gasteiger partial charge < -0.3 is 14.2 Å². The topological polar surface area (TPSA) is 31.0 Å². The average Bonchev–Trinajstić information content (AvgIpc) is 3.20. The van der Waals surface area contributed by atoms with Gasteiger partial charge in [-0.15, -0.1) is 0 Å². The summed E-state index contributed by atoms with van der Waals surface area (Å²) >= 11 is 6.26. The maximum Gasteiger partial charge on any atom is 0.141 e. The Morgan fingerprint density at radius 1 is 1.05 bits per heavy atom. The molecule has 2 rings (SSSR count). The van der Waals surface area contributed by atoms with Crippen molar-refractivity contribution in [3.8, 4) is 11.5 Å². The fraction of sp³-hybridized carbons (Fsp3) is 0.625. The van der Waals surface area contributed by atoms with Crippen molar-refractivity contribution in [1.29, 1.82) is 0 Å². The van der Waals surface area contributed by atoms with E-state index in [9.17, 15) is 0 Å². The van der Waals surface area contributed by atoms with Crippen LogP contribution in [0, 0.1) is 0 Å². The van der Waals surface area contributed by atoms with Gasteiger partial charge in [-0.3, -0.25) is 0 Å². The van der Waals surface area contributed by atoms with Crippen LogP contribution in [0.5, 0.6) is 11.5 Å². The van der Waals surface area contributed by atoms with Gasteiger partial charge in [-0.25, -0.2) is 0 Å². The zero-order valence-corrected chi connectivity index (χ0v) is 13.2. The Morgan fingerprint density at radius 2 is 1.75 bits per heavy atom. The molecule has 1 saturated heterocycles. The van der Waals surface area contributed by atoms with Crippen LogP contribution in [-0.2, 0) is 11.2 Å². The molecule has 112 valence electrons. The van der Waals surface area contributed by atoms with Crippen molar-refractivity contribution in [2.45, 2.75) is 52.2 Å². The maximum atomic E-state index is 6.26. The van der Waals surface area contributed by atoms with Gasteiger partial charge in [0.2, 0.25) is 0 Å². The summed E-state index contributed by atoms with van der Waals surface area (Å²) in [5.41, 5.74) is 1.13. The molecule has 1 aromatic rings. The smallest absolute Gasteiger partial charge is 0.141 e. The van der Waals surface area contributed by atoms with Crippen LogP contribution < -0.4 is 9.47 Å². The number of hydrogen-bond acceptors (Lipinski definition) is 3. The van der Waals surface area contributed by atoms with Crippen LogP contribution in [0.3, 0.4) is 0 Å². The summed E-state index contributed by atoms with van der Waals surface area (Å²) in [6.45, 7) is 7.32. The van der Waals surface area contributed by atoms with Crippen molar-refractivity contribution < 1.29 is 14.2 Å². The summed E-state index contributed by atoms with van der Waals surface area (Å²) in [6, 6.07) is 3.86. The molecule has 0 radical (unpaired) electrons. The van der Waals surface area contributed by atoms with Gasteiger partial charge in [-0.1, -0.05) is 18.5 Å². The summed E-state index contributed by atoms with van der Waals surface area (Å²) < 4.78 is 16.8. The molecule has 0 N–H and O–H groups in total. The number of halogens is 1. The molecule has 2 atom stereocenters. The Kier molecular flexibility index (Phi) is 5.55. The summed E-state index contributed by atoms with van der Waals surface area (Å²) in [4.78, 5) is 0. The van der Waals surface area contributed by atoms with E-state index in [0.717, 1.165) is 30.6 Å². The number of aryl methyl sites for hydroxylation is 1. The largest absolute Gasteiger partial charge is 0.493 e. The van der Waals surface area contributed by atoms with Gasteiger partial charge in [0.1, 0.15) is 11.5 Å². The highest BCUT2D eigenvalue weighted by atomic mass is 35.5. The van der Waals surface area contributed by atoms with E-state index in [-0.39, 0.29) is 0 Å². The molecule has 20 heavy (non-hydrogen) atoms. The lowest BCUT2D eigenvalue weighted by molar-refractivity contribution is 0.319. The highest BCUT2D eigenvalue weighted by molar-refractivity contribution is 6.32. The second-order valence-electron chi connectivity index (χ2n) is 4.92. The fourth-order valence-electron chi connectivity index (χ4n) is 2.42. The lowest BCUT2D eigenvalue weighted by atomic mass is 10.0. The van der Waals surface area contributed by atoms with Gasteiger partial charge >= 0.3 is 0 Å². The fourth-order valence-corrected chi connectivity index (χ4v) is 2.66. The van der Waals surface area contributed by atoms with Gasteiger partial charge in [0.05, 0.1) is 30.4 Å². The molecule has 1 aliphatic heterocycles. The lowest BCUT2D eigenvalue weighted by Gasteiger charge is -2.14. The molecule has 0 bridgehead atoms. The molecule has 0 aromatic heterocycles. The first-order valence-electron chi connectivity index (χ1n) is 7.43. The SMILES string of the molecule is CCOc1cc(OCC)c(CCC2OC2CC)cc1Cl. The Hall–Kier alpha value is -0.930. The minimum atomic E-state index is 0.403. The van der Waals surface area contributed by atoms with Crippen molar-refractivity contribution in [3.05, 3.63) is 22.7 Å². The Morgan fingerprint density at radius 3 is 2.35 bits per heavy atom. The van der Waals surface area contributed by atoms with E-state index < -0.39 is 0 Å². The number of ether oxygens (including phenoxy) is 3. The highest BCUT2D eigenvalue weighted by Crippen LogP contribution is 2.36. The highest BCUT2D eigenvalue weighted by Gasteiger charge is 2.36. The number of epoxide rings is 1. The van der Waals surface area contributed by atoms with Crippen LogP contribution in [0.1, 0.15) is 39.2 Å². The molecular formula is C16H23ClO3. The first-order chi connectivity index (χ1) is 9.69. The maximum absolute atomic E-state index is 6.26. The molecule has 2 unspecified atom stereocenters. The van der Waals surface area contributed by atoms with E-state index >= 15 is 0 Å². The minimum Gasteiger partial charge on any atom is -0.493 e. The van der Waals surface area contributed by atoms with E-state index in [1.807, 2.05) is 26.0 Å². The van der Waals surface area contributed by atoms with Crippen LogP contribution in [0.4, 0.5) is 0 Å². The number of benzene rings is 1. The molecule has 1 heterocycles. The second-order valence-corrected chi connectivity index (χ2v) is 5.32. The summed E-state index contributed by atoms with van der Waals surface area (Å²) in [5.74, 6) is 1.56. The molecule has 1 aromatic carbocycles. The molecular weight excluding hydrogens is 276 g/mol. The zero-order chi connectivity index (χ0) is 14.5. The van der Waals surface area contributed by atoms with E-state index in [4.69, 9.17) is 25.8 Å². The summed E-state index contributed by atoms with van der Waals surface area (Å²) in [6.07, 6.45) is 3.88. The second kappa shape index (κ2) is 7.19. The van der Waals surface area contributed by atoms with Gasteiger partial charge in [-0.2, -0.15) is 0 Å². The Balaban J connectivity index is 2.07. The van der Waals surface area contributed by atoms with E-state index in [1.165, 1.54) is 0 Å². The third kappa shape index (κ3) is 3.80. The van der Waals surface area contributed by atoms with Gasteiger partial charge in [0, 0.05) is 6.07 Å². The zero-order valence-electron chi connectivity index (χ0n) is 12.4. The van der Waals surface area contributed by atoms with E-state index in [2.05, 4.69) is 6.92 Å². The third-order valence-electron chi connectivity index (χ3n) is 3.50. The first-order valence-corrected chi connectivity index (χ1v) is 7.80. The van der Waals surface area contributed by atoms with Crippen LogP contribution in [0.25, 0.3) is 0 Å². The first kappa shape index (κ1) is 15.5. The molecule has 4 heteroatoms. The van der Waals surface area contributed by atoms with E-state index in [0.29, 0.717) is 36.2 Å². The van der Waals surface area contributed by atoms with Gasteiger partial charge in [0.25, 0.3) is 0 Å². The van der Waals surface area contributed by atoms with E-state index in [1.54, 1.807) is 0 Å². The lowest BCUT2D eigenvalue weighted by Crippen LogP contribution is -2.02. The van der Waals surface area contributed by atoms with Crippen molar-refractivity contribution >= 4 is 11.6 Å². The normalized spacial score (nSPS) is 20.8. The molecule has 0 aliphatic carbocycles. The van der Waals surface area contributed by atoms with Crippen LogP contribution in [0.2, 0.25) is 5.02 Å². The predicted octanol–water partition coefficient (Wildman–Crippen LogP) is 4.25. The van der Waals surface area contributed by atoms with Crippen LogP contribution >= 0.6 is 11.6 Å². The van der Waals surface area contributed by atoms with Crippen LogP contribution in [-0.4, -0.2) is 25.4 Å². The Bertz CT molecular complexity index is 448. The summed E-state index contributed by atoms with van der Waals surface area (Å²) in [5, 5.41) is 0.647. The van der Waals surface area contributed by atoms with Crippen molar-refractivity contribution in [2.75, 3.05) is 13.2 Å². The number of rotatable bonds is 8. The molecule has 0 saturated carbocycles. The summed E-state index contributed by atoms with van der Waals surface area (Å²) in [7, 11) is 0. The molecule has 1 fully saturated rings. The Labute approximate surface area is 126 Å². The average molecular weight is 299 g/mol. The minimum absolute atomic E-state index is 0.403. The van der Waals surface area contributed by atoms with Crippen molar-refractivity contribution in [2.24, 2.45) is 0 Å². The third-order valence-corrected chi connectivity index (χ3v) is 3.80. The predicted molar refractivity (Wildman–Crippen MR) is 81.1 cm³/mol. The van der Waals surface area contributed by atoms with Crippen molar-refractivity contribution in [3.63, 3.8) is 0 Å². The monoisotopic (exact) mass is 298 g/mol. The molecule has 0 amide bonds. The van der Waals surface area contributed by atoms with Gasteiger partial charge in [-0.05, 0) is 44.7 Å². The van der Waals surface area contributed by atoms with Gasteiger partial charge in [0.15, 0.2) is 0 Å². The molecule has 3 nitrogen and oxygen atoms in total. The number of hydrogen-bond donors (Lipinski definition) is 0. The van der Waals surface area contributed by atoms with Crippen LogP contribution in [0.15, 0.2) is 12.1 Å². The quantitative estimate of drug-likeness (QED) is 0.672. The molecule has 1 aliphatic rings. The molecule has 0 spiro atoms. The van der Waals surface area contributed by atoms with Crippen molar-refractivity contribution in [1.82, 2.24) is 0 Å². The standard InChI is InChI=1S/C16H23ClO3/c1-4-13-14(20-13)8-7-11-9-12(17)16(19-6-3)10-15(11)18-5-2/h9-10,13-14H,4-8H2,1-3H3.